The number of rotatable bonds is 5. The van der Waals surface area contributed by atoms with Gasteiger partial charge in [0.15, 0.2) is 0 Å². The van der Waals surface area contributed by atoms with Crippen molar-refractivity contribution in [2.45, 2.75) is 33.4 Å². The lowest BCUT2D eigenvalue weighted by molar-refractivity contribution is -0.140. The highest BCUT2D eigenvalue weighted by Crippen LogP contribution is 2.08. The molecule has 0 aliphatic heterocycles. The fourth-order valence-corrected chi connectivity index (χ4v) is 1.64. The average molecular weight is 221 g/mol. The number of carbonyl (C=O) groups is 1. The van der Waals surface area contributed by atoms with Crippen LogP contribution in [-0.2, 0) is 11.3 Å². The maximum atomic E-state index is 11.0. The third kappa shape index (κ3) is 3.35. The van der Waals surface area contributed by atoms with Gasteiger partial charge < -0.3 is 10.4 Å². The number of benzene rings is 1. The van der Waals surface area contributed by atoms with Crippen LogP contribution in [0.1, 0.15) is 25.0 Å². The van der Waals surface area contributed by atoms with Crippen molar-refractivity contribution in [3.8, 4) is 0 Å². The van der Waals surface area contributed by atoms with Crippen LogP contribution in [0.5, 0.6) is 0 Å². The van der Waals surface area contributed by atoms with E-state index in [9.17, 15) is 4.79 Å². The molecule has 2 N–H and O–H groups in total. The second-order valence-corrected chi connectivity index (χ2v) is 4.37. The maximum Gasteiger partial charge on any atom is 0.320 e. The first kappa shape index (κ1) is 12.7. The summed E-state index contributed by atoms with van der Waals surface area (Å²) in [5.41, 5.74) is 2.33. The molecule has 0 bridgehead atoms. The lowest BCUT2D eigenvalue weighted by atomic mass is 10.0. The SMILES string of the molecule is Cc1ccccc1CN[C@H](C(=O)O)C(C)C. The van der Waals surface area contributed by atoms with Crippen molar-refractivity contribution in [1.82, 2.24) is 5.32 Å². The third-order valence-corrected chi connectivity index (χ3v) is 2.71. The van der Waals surface area contributed by atoms with Crippen LogP contribution in [0, 0.1) is 12.8 Å². The van der Waals surface area contributed by atoms with E-state index in [1.807, 2.05) is 45.0 Å². The molecule has 1 rings (SSSR count). The van der Waals surface area contributed by atoms with E-state index >= 15 is 0 Å². The van der Waals surface area contributed by atoms with E-state index in [4.69, 9.17) is 5.11 Å². The molecule has 3 nitrogen and oxygen atoms in total. The van der Waals surface area contributed by atoms with Gasteiger partial charge in [-0.05, 0) is 24.0 Å². The molecular formula is C13H19NO2. The Morgan fingerprint density at radius 2 is 2.00 bits per heavy atom. The molecule has 1 aromatic rings. The third-order valence-electron chi connectivity index (χ3n) is 2.71. The molecule has 88 valence electrons. The van der Waals surface area contributed by atoms with E-state index in [1.54, 1.807) is 0 Å². The van der Waals surface area contributed by atoms with Crippen molar-refractivity contribution in [3.05, 3.63) is 35.4 Å². The Bertz CT molecular complexity index is 361. The van der Waals surface area contributed by atoms with Crippen molar-refractivity contribution in [2.75, 3.05) is 0 Å². The van der Waals surface area contributed by atoms with Gasteiger partial charge in [0.25, 0.3) is 0 Å². The molecule has 0 heterocycles. The van der Waals surface area contributed by atoms with Gasteiger partial charge in [0.2, 0.25) is 0 Å². The summed E-state index contributed by atoms with van der Waals surface area (Å²) in [6.07, 6.45) is 0. The molecule has 0 unspecified atom stereocenters. The molecule has 0 spiro atoms. The van der Waals surface area contributed by atoms with Crippen LogP contribution in [0.4, 0.5) is 0 Å². The van der Waals surface area contributed by atoms with Crippen LogP contribution < -0.4 is 5.32 Å². The van der Waals surface area contributed by atoms with Gasteiger partial charge in [-0.25, -0.2) is 0 Å². The van der Waals surface area contributed by atoms with Gasteiger partial charge in [-0.2, -0.15) is 0 Å². The molecule has 0 aliphatic rings. The van der Waals surface area contributed by atoms with Crippen LogP contribution in [0.25, 0.3) is 0 Å². The zero-order valence-corrected chi connectivity index (χ0v) is 10.0. The lowest BCUT2D eigenvalue weighted by Gasteiger charge is -2.18. The highest BCUT2D eigenvalue weighted by Gasteiger charge is 2.20. The Hall–Kier alpha value is -1.35. The zero-order valence-electron chi connectivity index (χ0n) is 10.0. The van der Waals surface area contributed by atoms with Crippen molar-refractivity contribution in [3.63, 3.8) is 0 Å². The number of carboxylic acid groups (broad SMARTS) is 1. The first-order valence-corrected chi connectivity index (χ1v) is 5.53. The molecule has 0 amide bonds. The topological polar surface area (TPSA) is 49.3 Å². The van der Waals surface area contributed by atoms with Gasteiger partial charge in [0.1, 0.15) is 6.04 Å². The molecule has 1 aromatic carbocycles. The van der Waals surface area contributed by atoms with Gasteiger partial charge in [-0.3, -0.25) is 4.79 Å². The molecule has 0 radical (unpaired) electrons. The molecule has 0 aliphatic carbocycles. The average Bonchev–Trinajstić information content (AvgIpc) is 2.20. The summed E-state index contributed by atoms with van der Waals surface area (Å²) in [5, 5.41) is 12.1. The summed E-state index contributed by atoms with van der Waals surface area (Å²) in [5.74, 6) is -0.704. The van der Waals surface area contributed by atoms with Gasteiger partial charge in [0.05, 0.1) is 0 Å². The van der Waals surface area contributed by atoms with E-state index < -0.39 is 12.0 Å². The molecule has 3 heteroatoms. The summed E-state index contributed by atoms with van der Waals surface area (Å²) in [4.78, 5) is 11.0. The molecule has 1 atom stereocenters. The summed E-state index contributed by atoms with van der Waals surface area (Å²) >= 11 is 0. The van der Waals surface area contributed by atoms with E-state index in [2.05, 4.69) is 5.32 Å². The van der Waals surface area contributed by atoms with Crippen molar-refractivity contribution >= 4 is 5.97 Å². The summed E-state index contributed by atoms with van der Waals surface area (Å²) < 4.78 is 0. The van der Waals surface area contributed by atoms with Gasteiger partial charge >= 0.3 is 5.97 Å². The van der Waals surface area contributed by atoms with Crippen LogP contribution in [0.2, 0.25) is 0 Å². The van der Waals surface area contributed by atoms with E-state index in [1.165, 1.54) is 5.56 Å². The monoisotopic (exact) mass is 221 g/mol. The minimum absolute atomic E-state index is 0.0847. The minimum atomic E-state index is -0.788. The van der Waals surface area contributed by atoms with E-state index in [0.717, 1.165) is 5.56 Å². The Kier molecular flexibility index (Phi) is 4.50. The minimum Gasteiger partial charge on any atom is -0.480 e. The smallest absolute Gasteiger partial charge is 0.320 e. The Labute approximate surface area is 96.5 Å². The van der Waals surface area contributed by atoms with Crippen LogP contribution in [0.15, 0.2) is 24.3 Å². The first-order valence-electron chi connectivity index (χ1n) is 5.53. The Balaban J connectivity index is 2.63. The Morgan fingerprint density at radius 3 is 2.50 bits per heavy atom. The summed E-state index contributed by atoms with van der Waals surface area (Å²) in [6, 6.07) is 7.51. The van der Waals surface area contributed by atoms with Crippen molar-refractivity contribution < 1.29 is 9.90 Å². The van der Waals surface area contributed by atoms with E-state index in [0.29, 0.717) is 6.54 Å². The van der Waals surface area contributed by atoms with Crippen molar-refractivity contribution in [1.29, 1.82) is 0 Å². The van der Waals surface area contributed by atoms with Gasteiger partial charge in [-0.15, -0.1) is 0 Å². The second-order valence-electron chi connectivity index (χ2n) is 4.37. The molecule has 0 saturated heterocycles. The quantitative estimate of drug-likeness (QED) is 0.801. The number of carboxylic acids is 1. The van der Waals surface area contributed by atoms with Crippen LogP contribution >= 0.6 is 0 Å². The molecule has 0 fully saturated rings. The normalized spacial score (nSPS) is 12.8. The lowest BCUT2D eigenvalue weighted by Crippen LogP contribution is -2.40. The number of aryl methyl sites for hydroxylation is 1. The predicted octanol–water partition coefficient (Wildman–Crippen LogP) is 2.19. The molecular weight excluding hydrogens is 202 g/mol. The van der Waals surface area contributed by atoms with Gasteiger partial charge in [-0.1, -0.05) is 38.1 Å². The fourth-order valence-electron chi connectivity index (χ4n) is 1.64. The Morgan fingerprint density at radius 1 is 1.38 bits per heavy atom. The van der Waals surface area contributed by atoms with Crippen LogP contribution in [0.3, 0.4) is 0 Å². The van der Waals surface area contributed by atoms with Crippen molar-refractivity contribution in [2.24, 2.45) is 5.92 Å². The number of aliphatic carboxylic acids is 1. The number of nitrogens with one attached hydrogen (secondary N) is 1. The predicted molar refractivity (Wildman–Crippen MR) is 64.3 cm³/mol. The second kappa shape index (κ2) is 5.66. The van der Waals surface area contributed by atoms with Gasteiger partial charge in [0, 0.05) is 6.54 Å². The highest BCUT2D eigenvalue weighted by molar-refractivity contribution is 5.73. The summed E-state index contributed by atoms with van der Waals surface area (Å²) in [6.45, 7) is 6.44. The molecule has 0 saturated carbocycles. The maximum absolute atomic E-state index is 11.0. The number of hydrogen-bond acceptors (Lipinski definition) is 2. The summed E-state index contributed by atoms with van der Waals surface area (Å²) in [7, 11) is 0. The molecule has 16 heavy (non-hydrogen) atoms. The number of hydrogen-bond donors (Lipinski definition) is 2. The standard InChI is InChI=1S/C13H19NO2/c1-9(2)12(13(15)16)14-8-11-7-5-4-6-10(11)3/h4-7,9,12,14H,8H2,1-3H3,(H,15,16)/t12-/m0/s1. The highest BCUT2D eigenvalue weighted by atomic mass is 16.4. The molecule has 0 aromatic heterocycles. The fraction of sp³-hybridized carbons (Fsp3) is 0.462. The van der Waals surface area contributed by atoms with E-state index in [-0.39, 0.29) is 5.92 Å². The zero-order chi connectivity index (χ0) is 12.1. The first-order chi connectivity index (χ1) is 7.52. The largest absolute Gasteiger partial charge is 0.480 e. The van der Waals surface area contributed by atoms with Crippen LogP contribution in [-0.4, -0.2) is 17.1 Å².